The molecule has 3 aliphatic rings. The highest BCUT2D eigenvalue weighted by Crippen LogP contribution is 2.39. The molecule has 2 aliphatic heterocycles. The predicted octanol–water partition coefficient (Wildman–Crippen LogP) is 4.25. The van der Waals surface area contributed by atoms with Gasteiger partial charge in [-0.3, -0.25) is 14.8 Å². The van der Waals surface area contributed by atoms with Crippen molar-refractivity contribution in [1.29, 1.82) is 0 Å². The van der Waals surface area contributed by atoms with Gasteiger partial charge in [-0.25, -0.2) is 8.42 Å². The van der Waals surface area contributed by atoms with Crippen molar-refractivity contribution in [3.8, 4) is 0 Å². The SMILES string of the molecule is CC1=Nc2c(Nc3ccc([C@H]4CCCO4)cc3S(C)(=O)=O)cc(CC(=O)C3CC3)nc2C1. The summed E-state index contributed by atoms with van der Waals surface area (Å²) in [4.78, 5) is 21.9. The fraction of sp³-hybridized carbons (Fsp3) is 0.458. The first-order chi connectivity index (χ1) is 15.3. The molecule has 1 saturated carbocycles. The van der Waals surface area contributed by atoms with Gasteiger partial charge >= 0.3 is 0 Å². The van der Waals surface area contributed by atoms with Crippen LogP contribution in [-0.2, 0) is 32.2 Å². The van der Waals surface area contributed by atoms with Gasteiger partial charge < -0.3 is 10.1 Å². The number of ether oxygens (including phenoxy) is 1. The minimum atomic E-state index is -3.49. The van der Waals surface area contributed by atoms with Crippen molar-refractivity contribution in [2.75, 3.05) is 18.2 Å². The van der Waals surface area contributed by atoms with Gasteiger partial charge in [0.05, 0.1) is 33.8 Å². The van der Waals surface area contributed by atoms with Crippen LogP contribution in [0.15, 0.2) is 34.2 Å². The fourth-order valence-corrected chi connectivity index (χ4v) is 5.29. The molecule has 168 valence electrons. The summed E-state index contributed by atoms with van der Waals surface area (Å²) in [5.41, 5.74) is 5.22. The quantitative estimate of drug-likeness (QED) is 0.673. The highest BCUT2D eigenvalue weighted by molar-refractivity contribution is 7.90. The van der Waals surface area contributed by atoms with Crippen LogP contribution in [0, 0.1) is 5.92 Å². The summed E-state index contributed by atoms with van der Waals surface area (Å²) in [5.74, 6) is 0.387. The minimum absolute atomic E-state index is 0.0676. The normalized spacial score (nSPS) is 20.2. The van der Waals surface area contributed by atoms with Crippen LogP contribution in [-0.4, -0.2) is 37.8 Å². The first kappa shape index (κ1) is 21.3. The smallest absolute Gasteiger partial charge is 0.177 e. The summed E-state index contributed by atoms with van der Waals surface area (Å²) in [5, 5.41) is 3.30. The van der Waals surface area contributed by atoms with Gasteiger partial charge in [0, 0.05) is 37.3 Å². The number of aromatic nitrogens is 1. The van der Waals surface area contributed by atoms with Gasteiger partial charge in [0.25, 0.3) is 0 Å². The molecular weight excluding hydrogens is 426 g/mol. The first-order valence-electron chi connectivity index (χ1n) is 11.1. The second-order valence-electron chi connectivity index (χ2n) is 9.05. The van der Waals surface area contributed by atoms with Gasteiger partial charge in [0.15, 0.2) is 9.84 Å². The van der Waals surface area contributed by atoms with Crippen molar-refractivity contribution in [1.82, 2.24) is 4.98 Å². The van der Waals surface area contributed by atoms with Gasteiger partial charge in [-0.15, -0.1) is 0 Å². The number of fused-ring (bicyclic) bond motifs is 1. The number of aliphatic imine (C=N–C) groups is 1. The molecule has 1 saturated heterocycles. The van der Waals surface area contributed by atoms with Crippen LogP contribution in [0.2, 0.25) is 0 Å². The van der Waals surface area contributed by atoms with Crippen molar-refractivity contribution in [3.05, 3.63) is 41.2 Å². The Bertz CT molecular complexity index is 1230. The maximum absolute atomic E-state index is 12.6. The molecule has 1 aromatic heterocycles. The summed E-state index contributed by atoms with van der Waals surface area (Å²) in [6.07, 6.45) is 5.86. The molecule has 1 aromatic carbocycles. The Kier molecular flexibility index (Phi) is 5.37. The van der Waals surface area contributed by atoms with E-state index in [1.54, 1.807) is 12.1 Å². The lowest BCUT2D eigenvalue weighted by molar-refractivity contribution is -0.119. The number of carbonyl (C=O) groups excluding carboxylic acids is 1. The molecule has 3 heterocycles. The van der Waals surface area contributed by atoms with Crippen molar-refractivity contribution in [2.45, 2.75) is 56.4 Å². The Morgan fingerprint density at radius 3 is 2.69 bits per heavy atom. The van der Waals surface area contributed by atoms with Crippen LogP contribution < -0.4 is 5.32 Å². The molecular formula is C24H27N3O4S. The molecule has 0 amide bonds. The molecule has 0 bridgehead atoms. The second kappa shape index (κ2) is 8.08. The number of nitrogens with zero attached hydrogens (tertiary/aromatic N) is 2. The lowest BCUT2D eigenvalue weighted by atomic mass is 10.1. The molecule has 0 radical (unpaired) electrons. The Labute approximate surface area is 188 Å². The summed E-state index contributed by atoms with van der Waals surface area (Å²) in [7, 11) is -3.49. The first-order valence-corrected chi connectivity index (χ1v) is 13.0. The van der Waals surface area contributed by atoms with Crippen LogP contribution in [0.1, 0.15) is 55.7 Å². The summed E-state index contributed by atoms with van der Waals surface area (Å²) in [6.45, 7) is 2.64. The number of sulfone groups is 1. The molecule has 0 unspecified atom stereocenters. The zero-order chi connectivity index (χ0) is 22.5. The number of ketones is 1. The zero-order valence-electron chi connectivity index (χ0n) is 18.3. The second-order valence-corrected chi connectivity index (χ2v) is 11.0. The molecule has 7 nitrogen and oxygen atoms in total. The Morgan fingerprint density at radius 1 is 1.19 bits per heavy atom. The van der Waals surface area contributed by atoms with E-state index in [0.717, 1.165) is 42.7 Å². The van der Waals surface area contributed by atoms with Gasteiger partial charge in [0.1, 0.15) is 11.5 Å². The van der Waals surface area contributed by atoms with Crippen LogP contribution in [0.3, 0.4) is 0 Å². The highest BCUT2D eigenvalue weighted by Gasteiger charge is 2.30. The third-order valence-electron chi connectivity index (χ3n) is 6.21. The molecule has 1 N–H and O–H groups in total. The number of pyridine rings is 1. The van der Waals surface area contributed by atoms with E-state index in [-0.39, 0.29) is 22.7 Å². The van der Waals surface area contributed by atoms with E-state index in [1.165, 1.54) is 6.26 Å². The number of carbonyl (C=O) groups is 1. The largest absolute Gasteiger partial charge is 0.374 e. The average molecular weight is 454 g/mol. The van der Waals surface area contributed by atoms with E-state index in [2.05, 4.69) is 15.3 Å². The van der Waals surface area contributed by atoms with Crippen LogP contribution in [0.25, 0.3) is 0 Å². The molecule has 8 heteroatoms. The maximum atomic E-state index is 12.6. The topological polar surface area (TPSA) is 97.7 Å². The lowest BCUT2D eigenvalue weighted by Crippen LogP contribution is -2.09. The van der Waals surface area contributed by atoms with E-state index in [9.17, 15) is 13.2 Å². The zero-order valence-corrected chi connectivity index (χ0v) is 19.2. The number of anilines is 2. The third kappa shape index (κ3) is 4.34. The fourth-order valence-electron chi connectivity index (χ4n) is 4.42. The Hall–Kier alpha value is -2.58. The van der Waals surface area contributed by atoms with E-state index < -0.39 is 9.84 Å². The molecule has 1 aliphatic carbocycles. The number of benzene rings is 1. The molecule has 1 atom stereocenters. The average Bonchev–Trinajstić information content (AvgIpc) is 3.30. The van der Waals surface area contributed by atoms with Crippen molar-refractivity contribution in [3.63, 3.8) is 0 Å². The van der Waals surface area contributed by atoms with Gasteiger partial charge in [-0.1, -0.05) is 6.07 Å². The van der Waals surface area contributed by atoms with E-state index in [1.807, 2.05) is 19.1 Å². The summed E-state index contributed by atoms with van der Waals surface area (Å²) >= 11 is 0. The number of hydrogen-bond acceptors (Lipinski definition) is 7. The monoisotopic (exact) mass is 453 g/mol. The minimum Gasteiger partial charge on any atom is -0.374 e. The Balaban J connectivity index is 1.52. The van der Waals surface area contributed by atoms with Crippen molar-refractivity contribution >= 4 is 38.4 Å². The highest BCUT2D eigenvalue weighted by atomic mass is 32.2. The molecule has 32 heavy (non-hydrogen) atoms. The third-order valence-corrected chi connectivity index (χ3v) is 7.34. The van der Waals surface area contributed by atoms with Gasteiger partial charge in [-0.05, 0) is 56.4 Å². The number of rotatable bonds is 7. The van der Waals surface area contributed by atoms with Gasteiger partial charge in [-0.2, -0.15) is 0 Å². The number of nitrogens with one attached hydrogen (secondary N) is 1. The lowest BCUT2D eigenvalue weighted by Gasteiger charge is -2.17. The number of Topliss-reactive ketones (excluding diaryl/α,β-unsaturated/α-hetero) is 1. The molecule has 0 spiro atoms. The van der Waals surface area contributed by atoms with Gasteiger partial charge in [0.2, 0.25) is 0 Å². The molecule has 5 rings (SSSR count). The number of hydrogen-bond donors (Lipinski definition) is 1. The van der Waals surface area contributed by atoms with E-state index in [4.69, 9.17) is 4.74 Å². The van der Waals surface area contributed by atoms with E-state index >= 15 is 0 Å². The Morgan fingerprint density at radius 2 is 2.00 bits per heavy atom. The van der Waals surface area contributed by atoms with Crippen LogP contribution in [0.4, 0.5) is 17.1 Å². The standard InChI is InChI=1S/C24H27N3O4S/c1-14-10-19-24(25-14)20(12-17(26-19)13-21(28)15-5-6-15)27-18-8-7-16(22-4-3-9-31-22)11-23(18)32(2,29)30/h7-8,11-12,15,22H,3-6,9-10,13H2,1-2H3,(H,26,27)/t22-/m1/s1. The summed E-state index contributed by atoms with van der Waals surface area (Å²) in [6, 6.07) is 7.25. The van der Waals surface area contributed by atoms with Crippen LogP contribution in [0.5, 0.6) is 0 Å². The predicted molar refractivity (Wildman–Crippen MR) is 123 cm³/mol. The van der Waals surface area contributed by atoms with E-state index in [0.29, 0.717) is 42.2 Å². The maximum Gasteiger partial charge on any atom is 0.177 e. The molecule has 2 aromatic rings. The van der Waals surface area contributed by atoms with Crippen LogP contribution >= 0.6 is 0 Å². The molecule has 2 fully saturated rings. The van der Waals surface area contributed by atoms with Crippen molar-refractivity contribution < 1.29 is 17.9 Å². The van der Waals surface area contributed by atoms with Crippen molar-refractivity contribution in [2.24, 2.45) is 10.9 Å². The summed E-state index contributed by atoms with van der Waals surface area (Å²) < 4.78 is 31.0.